The molecule has 0 aliphatic heterocycles. The van der Waals surface area contributed by atoms with Crippen LogP contribution in [-0.4, -0.2) is 24.0 Å². The molecule has 1 heterocycles. The molecule has 0 amide bonds. The number of guanidine groups is 1. The molecule has 2 N–H and O–H groups in total. The Morgan fingerprint density at radius 2 is 2.00 bits per heavy atom. The van der Waals surface area contributed by atoms with Crippen molar-refractivity contribution in [2.45, 2.75) is 20.1 Å². The van der Waals surface area contributed by atoms with Crippen LogP contribution in [0.15, 0.2) is 66.3 Å². The van der Waals surface area contributed by atoms with Gasteiger partial charge in [0.15, 0.2) is 5.96 Å². The number of benzene rings is 1. The van der Waals surface area contributed by atoms with Crippen LogP contribution < -0.4 is 15.4 Å². The minimum atomic E-state index is 0. The van der Waals surface area contributed by atoms with Gasteiger partial charge in [0.05, 0.1) is 6.54 Å². The first-order valence-electron chi connectivity index (χ1n) is 8.06. The van der Waals surface area contributed by atoms with Crippen molar-refractivity contribution in [1.29, 1.82) is 0 Å². The molecule has 25 heavy (non-hydrogen) atoms. The SMILES string of the molecule is C=CCNC(=NCc1ccnc(OCc2ccccc2)c1)NCC.I. The summed E-state index contributed by atoms with van der Waals surface area (Å²) in [6.45, 7) is 8.27. The van der Waals surface area contributed by atoms with Gasteiger partial charge in [0, 0.05) is 25.4 Å². The lowest BCUT2D eigenvalue weighted by atomic mass is 10.2. The van der Waals surface area contributed by atoms with Gasteiger partial charge in [0.1, 0.15) is 6.61 Å². The van der Waals surface area contributed by atoms with Crippen LogP contribution in [0.2, 0.25) is 0 Å². The van der Waals surface area contributed by atoms with Crippen LogP contribution in [-0.2, 0) is 13.2 Å². The lowest BCUT2D eigenvalue weighted by molar-refractivity contribution is 0.293. The lowest BCUT2D eigenvalue weighted by Crippen LogP contribution is -2.37. The molecule has 1 aromatic heterocycles. The van der Waals surface area contributed by atoms with Crippen LogP contribution in [0.25, 0.3) is 0 Å². The second-order valence-corrected chi connectivity index (χ2v) is 5.14. The summed E-state index contributed by atoms with van der Waals surface area (Å²) in [4.78, 5) is 8.80. The Labute approximate surface area is 166 Å². The number of pyridine rings is 1. The van der Waals surface area contributed by atoms with Crippen molar-refractivity contribution in [2.24, 2.45) is 4.99 Å². The normalized spacial score (nSPS) is 10.5. The van der Waals surface area contributed by atoms with Gasteiger partial charge in [0.2, 0.25) is 5.88 Å². The van der Waals surface area contributed by atoms with Crippen LogP contribution in [0, 0.1) is 0 Å². The van der Waals surface area contributed by atoms with Gasteiger partial charge >= 0.3 is 0 Å². The first-order valence-corrected chi connectivity index (χ1v) is 8.06. The predicted octanol–water partition coefficient (Wildman–Crippen LogP) is 3.52. The van der Waals surface area contributed by atoms with Gasteiger partial charge in [-0.1, -0.05) is 36.4 Å². The summed E-state index contributed by atoms with van der Waals surface area (Å²) >= 11 is 0. The highest BCUT2D eigenvalue weighted by atomic mass is 127. The number of rotatable bonds is 8. The number of aromatic nitrogens is 1. The third-order valence-corrected chi connectivity index (χ3v) is 3.21. The molecule has 0 aliphatic rings. The molecule has 0 bridgehead atoms. The third kappa shape index (κ3) is 8.02. The van der Waals surface area contributed by atoms with Crippen LogP contribution in [0.4, 0.5) is 0 Å². The van der Waals surface area contributed by atoms with Gasteiger partial charge in [-0.2, -0.15) is 0 Å². The zero-order chi connectivity index (χ0) is 17.0. The number of aliphatic imine (C=N–C) groups is 1. The van der Waals surface area contributed by atoms with E-state index < -0.39 is 0 Å². The van der Waals surface area contributed by atoms with Gasteiger partial charge in [-0.3, -0.25) is 0 Å². The van der Waals surface area contributed by atoms with E-state index in [0.29, 0.717) is 25.6 Å². The molecule has 0 atom stereocenters. The molecule has 2 rings (SSSR count). The van der Waals surface area contributed by atoms with E-state index in [1.54, 1.807) is 12.3 Å². The quantitative estimate of drug-likeness (QED) is 0.279. The van der Waals surface area contributed by atoms with Crippen molar-refractivity contribution in [3.8, 4) is 5.88 Å². The molecule has 0 spiro atoms. The number of nitrogens with zero attached hydrogens (tertiary/aromatic N) is 2. The van der Waals surface area contributed by atoms with Crippen molar-refractivity contribution in [1.82, 2.24) is 15.6 Å². The number of nitrogens with one attached hydrogen (secondary N) is 2. The molecular weight excluding hydrogens is 427 g/mol. The average Bonchev–Trinajstić information content (AvgIpc) is 2.63. The summed E-state index contributed by atoms with van der Waals surface area (Å²) < 4.78 is 5.75. The van der Waals surface area contributed by atoms with Gasteiger partial charge in [-0.05, 0) is 24.1 Å². The Bertz CT molecular complexity index is 661. The highest BCUT2D eigenvalue weighted by Crippen LogP contribution is 2.12. The van der Waals surface area contributed by atoms with E-state index in [2.05, 4.69) is 27.2 Å². The molecule has 0 unspecified atom stereocenters. The molecule has 0 saturated carbocycles. The predicted molar refractivity (Wildman–Crippen MR) is 113 cm³/mol. The molecule has 5 nitrogen and oxygen atoms in total. The largest absolute Gasteiger partial charge is 0.473 e. The van der Waals surface area contributed by atoms with Crippen LogP contribution in [0.5, 0.6) is 5.88 Å². The van der Waals surface area contributed by atoms with E-state index >= 15 is 0 Å². The van der Waals surface area contributed by atoms with Gasteiger partial charge < -0.3 is 15.4 Å². The Balaban J connectivity index is 0.00000312. The second-order valence-electron chi connectivity index (χ2n) is 5.14. The van der Waals surface area contributed by atoms with Crippen molar-refractivity contribution in [3.05, 3.63) is 72.4 Å². The topological polar surface area (TPSA) is 58.5 Å². The average molecular weight is 452 g/mol. The molecule has 2 aromatic rings. The summed E-state index contributed by atoms with van der Waals surface area (Å²) in [5.41, 5.74) is 2.16. The molecule has 1 aromatic carbocycles. The maximum atomic E-state index is 5.75. The minimum Gasteiger partial charge on any atom is -0.473 e. The fourth-order valence-corrected chi connectivity index (χ4v) is 2.04. The molecule has 134 valence electrons. The molecule has 0 radical (unpaired) electrons. The number of hydrogen-bond acceptors (Lipinski definition) is 3. The first kappa shape index (κ1) is 21.0. The summed E-state index contributed by atoms with van der Waals surface area (Å²) in [5, 5.41) is 6.37. The van der Waals surface area contributed by atoms with Crippen molar-refractivity contribution in [3.63, 3.8) is 0 Å². The maximum absolute atomic E-state index is 5.75. The first-order chi connectivity index (χ1) is 11.8. The molecule has 0 aliphatic carbocycles. The molecule has 0 fully saturated rings. The van der Waals surface area contributed by atoms with Crippen molar-refractivity contribution >= 4 is 29.9 Å². The van der Waals surface area contributed by atoms with Gasteiger partial charge in [0.25, 0.3) is 0 Å². The van der Waals surface area contributed by atoms with Crippen molar-refractivity contribution < 1.29 is 4.74 Å². The fourth-order valence-electron chi connectivity index (χ4n) is 2.04. The second kappa shape index (κ2) is 12.3. The molecule has 6 heteroatoms. The summed E-state index contributed by atoms with van der Waals surface area (Å²) in [7, 11) is 0. The molecule has 0 saturated heterocycles. The van der Waals surface area contributed by atoms with E-state index in [0.717, 1.165) is 23.6 Å². The van der Waals surface area contributed by atoms with Crippen LogP contribution in [0.3, 0.4) is 0 Å². The Kier molecular flexibility index (Phi) is 10.3. The minimum absolute atomic E-state index is 0. The lowest BCUT2D eigenvalue weighted by Gasteiger charge is -2.10. The summed E-state index contributed by atoms with van der Waals surface area (Å²) in [6.07, 6.45) is 3.55. The van der Waals surface area contributed by atoms with Crippen molar-refractivity contribution in [2.75, 3.05) is 13.1 Å². The molecular formula is C19H25IN4O. The van der Waals surface area contributed by atoms with E-state index in [1.165, 1.54) is 0 Å². The highest BCUT2D eigenvalue weighted by molar-refractivity contribution is 14.0. The Hall–Kier alpha value is -2.09. The van der Waals surface area contributed by atoms with E-state index in [-0.39, 0.29) is 24.0 Å². The fraction of sp³-hybridized carbons (Fsp3) is 0.263. The van der Waals surface area contributed by atoms with Gasteiger partial charge in [-0.15, -0.1) is 30.6 Å². The monoisotopic (exact) mass is 452 g/mol. The summed E-state index contributed by atoms with van der Waals surface area (Å²) in [6, 6.07) is 13.9. The Morgan fingerprint density at radius 1 is 1.20 bits per heavy atom. The van der Waals surface area contributed by atoms with E-state index in [4.69, 9.17) is 4.74 Å². The summed E-state index contributed by atoms with van der Waals surface area (Å²) in [5.74, 6) is 1.37. The van der Waals surface area contributed by atoms with E-state index in [9.17, 15) is 0 Å². The third-order valence-electron chi connectivity index (χ3n) is 3.21. The number of ether oxygens (including phenoxy) is 1. The maximum Gasteiger partial charge on any atom is 0.213 e. The highest BCUT2D eigenvalue weighted by Gasteiger charge is 2.01. The zero-order valence-corrected chi connectivity index (χ0v) is 16.8. The number of halogens is 1. The van der Waals surface area contributed by atoms with Crippen LogP contribution in [0.1, 0.15) is 18.1 Å². The standard InChI is InChI=1S/C19H24N4O.HI/c1-3-11-22-19(20-4-2)23-14-17-10-12-21-18(13-17)24-15-16-8-6-5-7-9-16;/h3,5-10,12-13H,1,4,11,14-15H2,2H3,(H2,20,22,23);1H. The van der Waals surface area contributed by atoms with E-state index in [1.807, 2.05) is 49.4 Å². The van der Waals surface area contributed by atoms with Crippen LogP contribution >= 0.6 is 24.0 Å². The van der Waals surface area contributed by atoms with Gasteiger partial charge in [-0.25, -0.2) is 9.98 Å². The zero-order valence-electron chi connectivity index (χ0n) is 14.4. The smallest absolute Gasteiger partial charge is 0.213 e. The number of hydrogen-bond donors (Lipinski definition) is 2. The Morgan fingerprint density at radius 3 is 2.72 bits per heavy atom.